The molecule has 2 atom stereocenters. The van der Waals surface area contributed by atoms with E-state index in [2.05, 4.69) is 22.2 Å². The Morgan fingerprint density at radius 2 is 2.33 bits per heavy atom. The molecule has 1 saturated heterocycles. The molecule has 1 aliphatic heterocycles. The fourth-order valence-electron chi connectivity index (χ4n) is 3.36. The van der Waals surface area contributed by atoms with Crippen molar-refractivity contribution < 1.29 is 9.53 Å². The van der Waals surface area contributed by atoms with Gasteiger partial charge in [0.1, 0.15) is 11.9 Å². The molecule has 2 N–H and O–H groups in total. The normalized spacial score (nSPS) is 20.5. The summed E-state index contributed by atoms with van der Waals surface area (Å²) in [5, 5.41) is 4.06. The van der Waals surface area contributed by atoms with E-state index in [0.29, 0.717) is 13.0 Å². The van der Waals surface area contributed by atoms with Crippen LogP contribution in [0.15, 0.2) is 42.9 Å². The first-order valence-corrected chi connectivity index (χ1v) is 8.27. The number of ether oxygens (including phenoxy) is 1. The lowest BCUT2D eigenvalue weighted by Gasteiger charge is -2.18. The van der Waals surface area contributed by atoms with Crippen LogP contribution in [-0.4, -0.2) is 27.0 Å². The molecule has 3 heterocycles. The van der Waals surface area contributed by atoms with Gasteiger partial charge in [0.15, 0.2) is 0 Å². The number of benzene rings is 1. The molecule has 0 unspecified atom stereocenters. The Bertz CT molecular complexity index is 867. The molecule has 6 heteroatoms. The minimum absolute atomic E-state index is 0.0205. The van der Waals surface area contributed by atoms with Crippen LogP contribution < -0.4 is 5.32 Å². The van der Waals surface area contributed by atoms with Crippen LogP contribution in [0.25, 0.3) is 10.9 Å². The van der Waals surface area contributed by atoms with Crippen LogP contribution in [0.1, 0.15) is 25.3 Å². The van der Waals surface area contributed by atoms with Crippen LogP contribution in [0.2, 0.25) is 0 Å². The second-order valence-corrected chi connectivity index (χ2v) is 6.00. The molecule has 1 amide bonds. The number of amides is 1. The number of imidazole rings is 1. The first-order valence-electron chi connectivity index (χ1n) is 8.27. The maximum atomic E-state index is 12.8. The number of anilines is 1. The van der Waals surface area contributed by atoms with Gasteiger partial charge in [-0.2, -0.15) is 0 Å². The second kappa shape index (κ2) is 6.13. The van der Waals surface area contributed by atoms with Crippen LogP contribution >= 0.6 is 0 Å². The van der Waals surface area contributed by atoms with Gasteiger partial charge in [-0.15, -0.1) is 0 Å². The van der Waals surface area contributed by atoms with Crippen LogP contribution in [-0.2, 0) is 16.1 Å². The number of fused-ring (bicyclic) bond motifs is 1. The van der Waals surface area contributed by atoms with Gasteiger partial charge in [0.05, 0.1) is 11.6 Å². The summed E-state index contributed by atoms with van der Waals surface area (Å²) >= 11 is 0. The molecule has 0 bridgehead atoms. The summed E-state index contributed by atoms with van der Waals surface area (Å²) in [5.41, 5.74) is 1.81. The Hall–Kier alpha value is -2.60. The van der Waals surface area contributed by atoms with Gasteiger partial charge in [-0.1, -0.05) is 18.2 Å². The zero-order valence-electron chi connectivity index (χ0n) is 13.5. The predicted molar refractivity (Wildman–Crippen MR) is 91.6 cm³/mol. The molecule has 4 rings (SSSR count). The van der Waals surface area contributed by atoms with E-state index >= 15 is 0 Å². The summed E-state index contributed by atoms with van der Waals surface area (Å²) in [5.74, 6) is 0.577. The average Bonchev–Trinajstić information content (AvgIpc) is 3.33. The van der Waals surface area contributed by atoms with Crippen LogP contribution in [0, 0.1) is 5.92 Å². The molecule has 6 nitrogen and oxygen atoms in total. The Balaban J connectivity index is 1.57. The van der Waals surface area contributed by atoms with Gasteiger partial charge in [0, 0.05) is 42.6 Å². The average molecular weight is 324 g/mol. The summed E-state index contributed by atoms with van der Waals surface area (Å²) in [6, 6.07) is 7.92. The summed E-state index contributed by atoms with van der Waals surface area (Å²) < 4.78 is 7.86. The standard InChI is InChI=1S/C18H20N4O2/c1-2-22-9-8-19-17(22)16-13(7-10-24-16)18(23)21-15-11-20-14-6-4-3-5-12(14)15/h3-6,8-9,11,13,16,20H,2,7,10H2,1H3,(H,21,23)/t13-,16-/m1/s1. The Morgan fingerprint density at radius 1 is 1.46 bits per heavy atom. The smallest absolute Gasteiger partial charge is 0.230 e. The van der Waals surface area contributed by atoms with E-state index in [-0.39, 0.29) is 17.9 Å². The van der Waals surface area contributed by atoms with Gasteiger partial charge in [-0.05, 0) is 19.4 Å². The van der Waals surface area contributed by atoms with E-state index in [1.165, 1.54) is 0 Å². The fourth-order valence-corrected chi connectivity index (χ4v) is 3.36. The summed E-state index contributed by atoms with van der Waals surface area (Å²) in [7, 11) is 0. The van der Waals surface area contributed by atoms with Crippen molar-refractivity contribution in [1.29, 1.82) is 0 Å². The summed E-state index contributed by atoms with van der Waals surface area (Å²) in [4.78, 5) is 20.4. The third kappa shape index (κ3) is 2.49. The van der Waals surface area contributed by atoms with Gasteiger partial charge in [-0.25, -0.2) is 4.98 Å². The molecule has 24 heavy (non-hydrogen) atoms. The molecule has 0 aliphatic carbocycles. The first kappa shape index (κ1) is 15.0. The molecular formula is C18H20N4O2. The molecule has 1 fully saturated rings. The number of H-pyrrole nitrogens is 1. The number of nitrogens with one attached hydrogen (secondary N) is 2. The SMILES string of the molecule is CCn1ccnc1[C@@H]1OCC[C@H]1C(=O)Nc1c[nH]c2ccccc12. The number of hydrogen-bond acceptors (Lipinski definition) is 3. The maximum Gasteiger partial charge on any atom is 0.230 e. The van der Waals surface area contributed by atoms with Crippen molar-refractivity contribution in [2.24, 2.45) is 5.92 Å². The van der Waals surface area contributed by atoms with E-state index in [0.717, 1.165) is 29.0 Å². The van der Waals surface area contributed by atoms with Crippen molar-refractivity contribution in [3.8, 4) is 0 Å². The first-order chi connectivity index (χ1) is 11.8. The lowest BCUT2D eigenvalue weighted by molar-refractivity contribution is -0.121. The van der Waals surface area contributed by atoms with Crippen molar-refractivity contribution in [2.45, 2.75) is 26.0 Å². The highest BCUT2D eigenvalue weighted by atomic mass is 16.5. The molecule has 1 aliphatic rings. The van der Waals surface area contributed by atoms with Crippen molar-refractivity contribution in [2.75, 3.05) is 11.9 Å². The zero-order chi connectivity index (χ0) is 16.5. The van der Waals surface area contributed by atoms with Gasteiger partial charge < -0.3 is 19.6 Å². The van der Waals surface area contributed by atoms with Gasteiger partial charge in [-0.3, -0.25) is 4.79 Å². The number of aryl methyl sites for hydroxylation is 1. The van der Waals surface area contributed by atoms with E-state index in [1.54, 1.807) is 6.20 Å². The number of rotatable bonds is 4. The molecule has 3 aromatic rings. The molecule has 2 aromatic heterocycles. The van der Waals surface area contributed by atoms with Gasteiger partial charge >= 0.3 is 0 Å². The molecule has 124 valence electrons. The fraction of sp³-hybridized carbons (Fsp3) is 0.333. The van der Waals surface area contributed by atoms with Crippen molar-refractivity contribution >= 4 is 22.5 Å². The molecular weight excluding hydrogens is 304 g/mol. The van der Waals surface area contributed by atoms with Gasteiger partial charge in [0.25, 0.3) is 0 Å². The van der Waals surface area contributed by atoms with E-state index in [4.69, 9.17) is 4.74 Å². The number of aromatic amines is 1. The highest BCUT2D eigenvalue weighted by Gasteiger charge is 2.37. The molecule has 0 saturated carbocycles. The Labute approximate surface area is 139 Å². The zero-order valence-corrected chi connectivity index (χ0v) is 13.5. The Kier molecular flexibility index (Phi) is 3.82. The molecule has 1 aromatic carbocycles. The maximum absolute atomic E-state index is 12.8. The third-order valence-corrected chi connectivity index (χ3v) is 4.62. The van der Waals surface area contributed by atoms with Crippen molar-refractivity contribution in [3.05, 3.63) is 48.7 Å². The second-order valence-electron chi connectivity index (χ2n) is 6.00. The number of carbonyl (C=O) groups excluding carboxylic acids is 1. The summed E-state index contributed by atoms with van der Waals surface area (Å²) in [6.45, 7) is 3.44. The van der Waals surface area contributed by atoms with Crippen molar-refractivity contribution in [3.63, 3.8) is 0 Å². The summed E-state index contributed by atoms with van der Waals surface area (Å²) in [6.07, 6.45) is 5.93. The third-order valence-electron chi connectivity index (χ3n) is 4.62. The highest BCUT2D eigenvalue weighted by molar-refractivity contribution is 6.02. The molecule has 0 radical (unpaired) electrons. The predicted octanol–water partition coefficient (Wildman–Crippen LogP) is 3.10. The molecule has 0 spiro atoms. The minimum atomic E-state index is -0.287. The van der Waals surface area contributed by atoms with E-state index < -0.39 is 0 Å². The topological polar surface area (TPSA) is 71.9 Å². The monoisotopic (exact) mass is 324 g/mol. The largest absolute Gasteiger partial charge is 0.369 e. The number of nitrogens with zero attached hydrogens (tertiary/aromatic N) is 2. The number of para-hydroxylation sites is 1. The van der Waals surface area contributed by atoms with Crippen LogP contribution in [0.3, 0.4) is 0 Å². The number of carbonyl (C=O) groups is 1. The lowest BCUT2D eigenvalue weighted by atomic mass is 9.99. The Morgan fingerprint density at radius 3 is 3.21 bits per heavy atom. The van der Waals surface area contributed by atoms with Crippen LogP contribution in [0.5, 0.6) is 0 Å². The van der Waals surface area contributed by atoms with Gasteiger partial charge in [0.2, 0.25) is 5.91 Å². The van der Waals surface area contributed by atoms with Crippen LogP contribution in [0.4, 0.5) is 5.69 Å². The highest BCUT2D eigenvalue weighted by Crippen LogP contribution is 2.35. The van der Waals surface area contributed by atoms with Crippen molar-refractivity contribution in [1.82, 2.24) is 14.5 Å². The van der Waals surface area contributed by atoms with E-state index in [9.17, 15) is 4.79 Å². The quantitative estimate of drug-likeness (QED) is 0.774. The number of hydrogen-bond donors (Lipinski definition) is 2. The number of aromatic nitrogens is 3. The minimum Gasteiger partial charge on any atom is -0.369 e. The lowest BCUT2D eigenvalue weighted by Crippen LogP contribution is -2.26. The van der Waals surface area contributed by atoms with E-state index in [1.807, 2.05) is 41.2 Å².